The van der Waals surface area contributed by atoms with Crippen LogP contribution in [0.5, 0.6) is 0 Å². The maximum Gasteiger partial charge on any atom is 4.00 e. The van der Waals surface area contributed by atoms with Gasteiger partial charge < -0.3 is 16.0 Å². The summed E-state index contributed by atoms with van der Waals surface area (Å²) in [6.45, 7) is 4.48. The molecule has 0 bridgehead atoms. The van der Waals surface area contributed by atoms with E-state index in [4.69, 9.17) is 0 Å². The molecular formula is C15H31HfN3. The second kappa shape index (κ2) is 26.6. The van der Waals surface area contributed by atoms with Crippen molar-refractivity contribution in [1.82, 2.24) is 0 Å². The molecule has 4 heteroatoms. The summed E-state index contributed by atoms with van der Waals surface area (Å²) >= 11 is 0. The summed E-state index contributed by atoms with van der Waals surface area (Å²) in [7, 11) is 10.5. The zero-order valence-corrected chi connectivity index (χ0v) is 17.5. The Morgan fingerprint density at radius 2 is 1.11 bits per heavy atom. The molecule has 1 unspecified atom stereocenters. The molecule has 0 fully saturated rings. The summed E-state index contributed by atoms with van der Waals surface area (Å²) in [6.07, 6.45) is 1.24. The minimum absolute atomic E-state index is 0. The van der Waals surface area contributed by atoms with Gasteiger partial charge in [-0.2, -0.15) is 60.0 Å². The topological polar surface area (TPSA) is 42.3 Å². The fourth-order valence-electron chi connectivity index (χ4n) is 0.953. The normalized spacial score (nSPS) is 9.26. The van der Waals surface area contributed by atoms with Gasteiger partial charge in [-0.25, -0.2) is 12.1 Å². The average Bonchev–Trinajstić information content (AvgIpc) is 2.85. The summed E-state index contributed by atoms with van der Waals surface area (Å²) in [5, 5.41) is 10.5. The number of nitrogens with zero attached hydrogens (tertiary/aromatic N) is 3. The van der Waals surface area contributed by atoms with Crippen LogP contribution < -0.4 is 0 Å². The Morgan fingerprint density at radius 1 is 0.842 bits per heavy atom. The fourth-order valence-corrected chi connectivity index (χ4v) is 0.953. The van der Waals surface area contributed by atoms with Crippen LogP contribution in [0.25, 0.3) is 16.0 Å². The van der Waals surface area contributed by atoms with Crippen molar-refractivity contribution in [2.24, 2.45) is 0 Å². The van der Waals surface area contributed by atoms with Crippen LogP contribution in [0.1, 0.15) is 31.7 Å². The molecule has 0 aliphatic rings. The van der Waals surface area contributed by atoms with Gasteiger partial charge in [0.25, 0.3) is 0 Å². The van der Waals surface area contributed by atoms with E-state index in [2.05, 4.69) is 54.1 Å². The van der Waals surface area contributed by atoms with Crippen molar-refractivity contribution in [3.8, 4) is 0 Å². The Morgan fingerprint density at radius 3 is 1.32 bits per heavy atom. The van der Waals surface area contributed by atoms with Crippen LogP contribution in [-0.2, 0) is 25.8 Å². The van der Waals surface area contributed by atoms with Gasteiger partial charge in [-0.3, -0.25) is 0 Å². The molecule has 0 spiro atoms. The van der Waals surface area contributed by atoms with Gasteiger partial charge in [0.2, 0.25) is 0 Å². The Kier molecular flexibility index (Phi) is 38.5. The van der Waals surface area contributed by atoms with E-state index in [1.165, 1.54) is 12.0 Å². The Labute approximate surface area is 140 Å². The zero-order valence-electron chi connectivity index (χ0n) is 13.9. The zero-order chi connectivity index (χ0) is 14.8. The van der Waals surface area contributed by atoms with E-state index >= 15 is 0 Å². The molecule has 0 saturated carbocycles. The van der Waals surface area contributed by atoms with E-state index in [0.717, 1.165) is 5.92 Å². The van der Waals surface area contributed by atoms with Gasteiger partial charge in [-0.05, 0) is 0 Å². The van der Waals surface area contributed by atoms with Gasteiger partial charge in [-0.15, -0.1) is 0 Å². The molecule has 19 heavy (non-hydrogen) atoms. The molecule has 0 amide bonds. The smallest absolute Gasteiger partial charge is 0.668 e. The van der Waals surface area contributed by atoms with Crippen molar-refractivity contribution >= 4 is 0 Å². The quantitative estimate of drug-likeness (QED) is 0.478. The van der Waals surface area contributed by atoms with E-state index in [0.29, 0.717) is 0 Å². The van der Waals surface area contributed by atoms with Gasteiger partial charge in [0.05, 0.1) is 0 Å². The largest absolute Gasteiger partial charge is 4.00 e. The molecule has 0 radical (unpaired) electrons. The maximum atomic E-state index is 3.50. The van der Waals surface area contributed by atoms with Crippen molar-refractivity contribution in [3.63, 3.8) is 0 Å². The van der Waals surface area contributed by atoms with Crippen molar-refractivity contribution in [2.45, 2.75) is 26.2 Å². The second-order valence-corrected chi connectivity index (χ2v) is 3.87. The number of hydrogen-bond acceptors (Lipinski definition) is 0. The molecule has 0 aliphatic carbocycles. The molecule has 0 N–H and O–H groups in total. The van der Waals surface area contributed by atoms with E-state index in [9.17, 15) is 0 Å². The minimum atomic E-state index is 0. The standard InChI is InChI=1S/C9H13.3C2H6N.Hf/c1-3-8(2)9-6-4-5-7-9;3*1-3-2;/h4-8H,3H2,1-2H3;3*1-2H3;/q4*-1;+4. The third-order valence-electron chi connectivity index (χ3n) is 1.87. The molecule has 0 aliphatic heterocycles. The maximum absolute atomic E-state index is 3.50. The first-order valence-corrected chi connectivity index (χ1v) is 6.24. The first kappa shape index (κ1) is 27.4. The van der Waals surface area contributed by atoms with Crippen molar-refractivity contribution in [3.05, 3.63) is 45.8 Å². The van der Waals surface area contributed by atoms with Crippen LogP contribution in [0.3, 0.4) is 0 Å². The van der Waals surface area contributed by atoms with Gasteiger partial charge >= 0.3 is 25.8 Å². The predicted octanol–water partition coefficient (Wildman–Crippen LogP) is 4.78. The van der Waals surface area contributed by atoms with Gasteiger partial charge in [0, 0.05) is 0 Å². The molecule has 0 heterocycles. The van der Waals surface area contributed by atoms with Crippen molar-refractivity contribution < 1.29 is 25.8 Å². The summed E-state index contributed by atoms with van der Waals surface area (Å²) in [4.78, 5) is 0. The Bertz CT molecular complexity index is 196. The van der Waals surface area contributed by atoms with E-state index in [1.807, 2.05) is 0 Å². The third-order valence-corrected chi connectivity index (χ3v) is 1.87. The monoisotopic (exact) mass is 433 g/mol. The van der Waals surface area contributed by atoms with E-state index < -0.39 is 0 Å². The molecular weight excluding hydrogens is 401 g/mol. The summed E-state index contributed by atoms with van der Waals surface area (Å²) < 4.78 is 0. The summed E-state index contributed by atoms with van der Waals surface area (Å²) in [6, 6.07) is 8.57. The summed E-state index contributed by atoms with van der Waals surface area (Å²) in [5.74, 6) is 0.736. The molecule has 110 valence electrons. The van der Waals surface area contributed by atoms with Crippen LogP contribution >= 0.6 is 0 Å². The SMILES string of the molecule is CCC(C)[c-]1cccc1.C[N-]C.C[N-]C.C[N-]C.[Hf+4]. The summed E-state index contributed by atoms with van der Waals surface area (Å²) in [5.41, 5.74) is 1.47. The predicted molar refractivity (Wildman–Crippen MR) is 86.4 cm³/mol. The van der Waals surface area contributed by atoms with Gasteiger partial charge in [0.15, 0.2) is 0 Å². The Balaban J connectivity index is -0.0000000956. The van der Waals surface area contributed by atoms with Crippen LogP contribution in [-0.4, -0.2) is 42.3 Å². The molecule has 0 saturated heterocycles. The van der Waals surface area contributed by atoms with Crippen molar-refractivity contribution in [2.75, 3.05) is 42.3 Å². The van der Waals surface area contributed by atoms with Crippen LogP contribution in [0.15, 0.2) is 24.3 Å². The first-order chi connectivity index (χ1) is 8.59. The fraction of sp³-hybridized carbons (Fsp3) is 0.667. The molecule has 1 atom stereocenters. The number of hydrogen-bond donors (Lipinski definition) is 0. The molecule has 1 rings (SSSR count). The number of rotatable bonds is 2. The minimum Gasteiger partial charge on any atom is -0.668 e. The van der Waals surface area contributed by atoms with Crippen LogP contribution in [0.2, 0.25) is 0 Å². The van der Waals surface area contributed by atoms with Crippen LogP contribution in [0, 0.1) is 0 Å². The van der Waals surface area contributed by atoms with E-state index in [1.54, 1.807) is 42.3 Å². The Hall–Kier alpha value is 0.100. The van der Waals surface area contributed by atoms with Gasteiger partial charge in [-0.1, -0.05) is 26.2 Å². The third kappa shape index (κ3) is 27.3. The van der Waals surface area contributed by atoms with Crippen LogP contribution in [0.4, 0.5) is 0 Å². The van der Waals surface area contributed by atoms with Gasteiger partial charge in [0.1, 0.15) is 0 Å². The first-order valence-electron chi connectivity index (χ1n) is 6.24. The average molecular weight is 432 g/mol. The molecule has 1 aromatic rings. The second-order valence-electron chi connectivity index (χ2n) is 3.87. The molecule has 1 aromatic carbocycles. The molecule has 0 aromatic heterocycles. The van der Waals surface area contributed by atoms with Crippen molar-refractivity contribution in [1.29, 1.82) is 0 Å². The molecule has 3 nitrogen and oxygen atoms in total. The van der Waals surface area contributed by atoms with E-state index in [-0.39, 0.29) is 25.8 Å².